The first-order valence-electron chi connectivity index (χ1n) is 8.34. The van der Waals surface area contributed by atoms with Crippen molar-refractivity contribution in [3.8, 4) is 5.75 Å². The van der Waals surface area contributed by atoms with E-state index in [-0.39, 0.29) is 42.3 Å². The van der Waals surface area contributed by atoms with Gasteiger partial charge >= 0.3 is 0 Å². The number of rotatable bonds is 8. The summed E-state index contributed by atoms with van der Waals surface area (Å²) in [6, 6.07) is 3.19. The van der Waals surface area contributed by atoms with Crippen LogP contribution in [-0.4, -0.2) is 42.8 Å². The Morgan fingerprint density at radius 2 is 2.00 bits per heavy atom. The summed E-state index contributed by atoms with van der Waals surface area (Å²) >= 11 is 0. The molecular weight excluding hydrogens is 471 g/mol. The summed E-state index contributed by atoms with van der Waals surface area (Å²) in [5.74, 6) is 0.678. The maximum absolute atomic E-state index is 13.4. The van der Waals surface area contributed by atoms with Crippen LogP contribution in [0.3, 0.4) is 0 Å². The van der Waals surface area contributed by atoms with E-state index in [9.17, 15) is 8.78 Å². The van der Waals surface area contributed by atoms with Gasteiger partial charge in [0.25, 0.3) is 0 Å². The SMILES string of the molecule is CN=C(NCCOc1ccc(F)cc1F)NCCc1nc(C(C)C)no1.I. The highest BCUT2D eigenvalue weighted by Gasteiger charge is 2.09. The molecule has 1 aromatic carbocycles. The van der Waals surface area contributed by atoms with Crippen LogP contribution in [0.1, 0.15) is 31.5 Å². The van der Waals surface area contributed by atoms with Crippen molar-refractivity contribution in [2.75, 3.05) is 26.7 Å². The molecule has 0 amide bonds. The predicted octanol–water partition coefficient (Wildman–Crippen LogP) is 2.88. The molecule has 0 spiro atoms. The number of halogens is 3. The van der Waals surface area contributed by atoms with E-state index in [1.807, 2.05) is 13.8 Å². The molecule has 7 nitrogen and oxygen atoms in total. The average molecular weight is 495 g/mol. The third-order valence-electron chi connectivity index (χ3n) is 3.40. The van der Waals surface area contributed by atoms with Gasteiger partial charge in [-0.05, 0) is 12.1 Å². The maximum atomic E-state index is 13.4. The van der Waals surface area contributed by atoms with Crippen molar-refractivity contribution >= 4 is 29.9 Å². The topological polar surface area (TPSA) is 84.6 Å². The van der Waals surface area contributed by atoms with E-state index in [4.69, 9.17) is 9.26 Å². The zero-order chi connectivity index (χ0) is 18.9. The number of ether oxygens (including phenoxy) is 1. The Labute approximate surface area is 174 Å². The Bertz CT molecular complexity index is 740. The van der Waals surface area contributed by atoms with Crippen LogP contribution in [0.4, 0.5) is 8.78 Å². The summed E-state index contributed by atoms with van der Waals surface area (Å²) in [5.41, 5.74) is 0. The van der Waals surface area contributed by atoms with Crippen molar-refractivity contribution in [1.29, 1.82) is 0 Å². The summed E-state index contributed by atoms with van der Waals surface area (Å²) in [7, 11) is 1.64. The van der Waals surface area contributed by atoms with Crippen molar-refractivity contribution in [2.24, 2.45) is 4.99 Å². The minimum absolute atomic E-state index is 0. The van der Waals surface area contributed by atoms with E-state index in [0.29, 0.717) is 37.2 Å². The van der Waals surface area contributed by atoms with E-state index in [1.54, 1.807) is 7.05 Å². The molecule has 1 heterocycles. The second-order valence-corrected chi connectivity index (χ2v) is 5.80. The van der Waals surface area contributed by atoms with E-state index >= 15 is 0 Å². The minimum atomic E-state index is -0.729. The molecule has 27 heavy (non-hydrogen) atoms. The highest BCUT2D eigenvalue weighted by Crippen LogP contribution is 2.17. The molecule has 1 aromatic heterocycles. The first-order chi connectivity index (χ1) is 12.5. The van der Waals surface area contributed by atoms with Crippen LogP contribution >= 0.6 is 24.0 Å². The van der Waals surface area contributed by atoms with Gasteiger partial charge in [-0.25, -0.2) is 8.78 Å². The van der Waals surface area contributed by atoms with Gasteiger partial charge in [-0.2, -0.15) is 4.98 Å². The quantitative estimate of drug-likeness (QED) is 0.254. The van der Waals surface area contributed by atoms with E-state index in [2.05, 4.69) is 25.8 Å². The summed E-state index contributed by atoms with van der Waals surface area (Å²) in [4.78, 5) is 8.37. The molecule has 0 atom stereocenters. The Morgan fingerprint density at radius 1 is 1.26 bits per heavy atom. The van der Waals surface area contributed by atoms with Crippen LogP contribution in [0.5, 0.6) is 5.75 Å². The molecule has 0 radical (unpaired) electrons. The molecule has 0 bridgehead atoms. The van der Waals surface area contributed by atoms with Crippen molar-refractivity contribution in [3.05, 3.63) is 41.5 Å². The van der Waals surface area contributed by atoms with E-state index in [0.717, 1.165) is 12.1 Å². The van der Waals surface area contributed by atoms with Crippen LogP contribution in [0.25, 0.3) is 0 Å². The molecule has 0 unspecified atom stereocenters. The fourth-order valence-electron chi connectivity index (χ4n) is 2.04. The monoisotopic (exact) mass is 495 g/mol. The Kier molecular flexibility index (Phi) is 9.97. The number of nitrogens with one attached hydrogen (secondary N) is 2. The number of benzene rings is 1. The summed E-state index contributed by atoms with van der Waals surface area (Å²) in [6.45, 7) is 5.16. The van der Waals surface area contributed by atoms with Crippen LogP contribution in [0.15, 0.2) is 27.7 Å². The molecule has 150 valence electrons. The molecule has 2 N–H and O–H groups in total. The van der Waals surface area contributed by atoms with Gasteiger partial charge in [-0.3, -0.25) is 4.99 Å². The van der Waals surface area contributed by atoms with E-state index < -0.39 is 11.6 Å². The van der Waals surface area contributed by atoms with Gasteiger partial charge in [0.05, 0.1) is 6.54 Å². The highest BCUT2D eigenvalue weighted by molar-refractivity contribution is 14.0. The fraction of sp³-hybridized carbons (Fsp3) is 0.471. The maximum Gasteiger partial charge on any atom is 0.228 e. The normalized spacial score (nSPS) is 11.3. The largest absolute Gasteiger partial charge is 0.489 e. The average Bonchev–Trinajstić information content (AvgIpc) is 3.07. The van der Waals surface area contributed by atoms with Crippen molar-refractivity contribution in [2.45, 2.75) is 26.2 Å². The number of guanidine groups is 1. The van der Waals surface area contributed by atoms with Crippen molar-refractivity contribution in [1.82, 2.24) is 20.8 Å². The predicted molar refractivity (Wildman–Crippen MR) is 109 cm³/mol. The van der Waals surface area contributed by atoms with Gasteiger partial charge in [0.2, 0.25) is 5.89 Å². The number of hydrogen-bond donors (Lipinski definition) is 2. The third-order valence-corrected chi connectivity index (χ3v) is 3.40. The Balaban J connectivity index is 0.00000364. The molecule has 0 saturated heterocycles. The van der Waals surface area contributed by atoms with Crippen LogP contribution in [-0.2, 0) is 6.42 Å². The number of aliphatic imine (C=N–C) groups is 1. The smallest absolute Gasteiger partial charge is 0.228 e. The van der Waals surface area contributed by atoms with E-state index in [1.165, 1.54) is 6.07 Å². The molecular formula is C17H24F2IN5O2. The van der Waals surface area contributed by atoms with Crippen molar-refractivity contribution in [3.63, 3.8) is 0 Å². The first kappa shape index (κ1) is 23.1. The zero-order valence-electron chi connectivity index (χ0n) is 15.5. The third kappa shape index (κ3) is 7.65. The van der Waals surface area contributed by atoms with Gasteiger partial charge in [-0.15, -0.1) is 24.0 Å². The molecule has 0 saturated carbocycles. The molecule has 2 aromatic rings. The lowest BCUT2D eigenvalue weighted by Gasteiger charge is -2.12. The summed E-state index contributed by atoms with van der Waals surface area (Å²) in [6.07, 6.45) is 0.567. The molecule has 0 aliphatic heterocycles. The Morgan fingerprint density at radius 3 is 2.63 bits per heavy atom. The second-order valence-electron chi connectivity index (χ2n) is 5.80. The summed E-state index contributed by atoms with van der Waals surface area (Å²) in [5, 5.41) is 10.0. The second kappa shape index (κ2) is 11.7. The first-order valence-corrected chi connectivity index (χ1v) is 8.34. The lowest BCUT2D eigenvalue weighted by Crippen LogP contribution is -2.40. The molecule has 0 fully saturated rings. The fourth-order valence-corrected chi connectivity index (χ4v) is 2.04. The van der Waals surface area contributed by atoms with Crippen molar-refractivity contribution < 1.29 is 18.0 Å². The number of aromatic nitrogens is 2. The number of hydrogen-bond acceptors (Lipinski definition) is 5. The molecule has 0 aliphatic rings. The van der Waals surface area contributed by atoms with Gasteiger partial charge in [0.15, 0.2) is 23.4 Å². The van der Waals surface area contributed by atoms with Gasteiger partial charge in [-0.1, -0.05) is 19.0 Å². The zero-order valence-corrected chi connectivity index (χ0v) is 17.8. The lowest BCUT2D eigenvalue weighted by atomic mass is 10.2. The molecule has 2 rings (SSSR count). The highest BCUT2D eigenvalue weighted by atomic mass is 127. The lowest BCUT2D eigenvalue weighted by molar-refractivity contribution is 0.304. The number of nitrogens with zero attached hydrogens (tertiary/aromatic N) is 3. The Hall–Kier alpha value is -1.98. The molecule has 10 heteroatoms. The van der Waals surface area contributed by atoms with Crippen LogP contribution in [0, 0.1) is 11.6 Å². The van der Waals surface area contributed by atoms with Gasteiger partial charge in [0, 0.05) is 32.0 Å². The van der Waals surface area contributed by atoms with Crippen LogP contribution in [0.2, 0.25) is 0 Å². The molecule has 0 aliphatic carbocycles. The van der Waals surface area contributed by atoms with Gasteiger partial charge in [0.1, 0.15) is 12.4 Å². The summed E-state index contributed by atoms with van der Waals surface area (Å²) < 4.78 is 36.7. The van der Waals surface area contributed by atoms with Gasteiger partial charge < -0.3 is 19.9 Å². The standard InChI is InChI=1S/C17H23F2N5O2.HI/c1-11(2)16-23-15(26-24-16)6-7-21-17(20-3)22-8-9-25-14-5-4-12(18)10-13(14)19;/h4-5,10-11H,6-9H2,1-3H3,(H2,20,21,22);1H. The van der Waals surface area contributed by atoms with Crippen LogP contribution < -0.4 is 15.4 Å². The minimum Gasteiger partial charge on any atom is -0.489 e.